The van der Waals surface area contributed by atoms with E-state index in [0.717, 1.165) is 24.4 Å². The highest BCUT2D eigenvalue weighted by Crippen LogP contribution is 2.22. The van der Waals surface area contributed by atoms with E-state index in [9.17, 15) is 4.39 Å². The standard InChI is InChI=1S/C16H21FN2O/c1-3-18-11-13-7-8-16(15(17)10-13)19(4-2)12-14-6-5-9-20-14/h5-10,18H,3-4,11-12H2,1-2H3. The molecule has 2 rings (SSSR count). The monoisotopic (exact) mass is 276 g/mol. The number of nitrogens with one attached hydrogen (secondary N) is 1. The van der Waals surface area contributed by atoms with Crippen molar-refractivity contribution < 1.29 is 8.81 Å². The summed E-state index contributed by atoms with van der Waals surface area (Å²) >= 11 is 0. The zero-order valence-corrected chi connectivity index (χ0v) is 12.0. The molecule has 0 aliphatic rings. The van der Waals surface area contributed by atoms with E-state index < -0.39 is 0 Å². The van der Waals surface area contributed by atoms with Gasteiger partial charge in [-0.25, -0.2) is 4.39 Å². The van der Waals surface area contributed by atoms with Gasteiger partial charge >= 0.3 is 0 Å². The molecule has 0 fully saturated rings. The fourth-order valence-corrected chi connectivity index (χ4v) is 2.14. The topological polar surface area (TPSA) is 28.4 Å². The van der Waals surface area contributed by atoms with Crippen LogP contribution in [0.2, 0.25) is 0 Å². The molecule has 1 aromatic carbocycles. The molecule has 108 valence electrons. The Morgan fingerprint density at radius 2 is 2.10 bits per heavy atom. The first-order valence-electron chi connectivity index (χ1n) is 7.01. The molecule has 1 aromatic heterocycles. The number of rotatable bonds is 7. The number of hydrogen-bond acceptors (Lipinski definition) is 3. The Bertz CT molecular complexity index is 525. The molecule has 0 saturated carbocycles. The number of anilines is 1. The van der Waals surface area contributed by atoms with Gasteiger partial charge in [0.2, 0.25) is 0 Å². The highest BCUT2D eigenvalue weighted by atomic mass is 19.1. The Kier molecular flexibility index (Phi) is 5.18. The quantitative estimate of drug-likeness (QED) is 0.838. The Morgan fingerprint density at radius 3 is 2.70 bits per heavy atom. The molecule has 0 spiro atoms. The van der Waals surface area contributed by atoms with Crippen LogP contribution in [0.15, 0.2) is 41.0 Å². The van der Waals surface area contributed by atoms with Gasteiger partial charge in [0, 0.05) is 13.1 Å². The Hall–Kier alpha value is -1.81. The molecule has 3 nitrogen and oxygen atoms in total. The van der Waals surface area contributed by atoms with Gasteiger partial charge in [0.25, 0.3) is 0 Å². The van der Waals surface area contributed by atoms with E-state index in [1.807, 2.05) is 43.0 Å². The number of benzene rings is 1. The third kappa shape index (κ3) is 3.61. The lowest BCUT2D eigenvalue weighted by Gasteiger charge is -2.23. The van der Waals surface area contributed by atoms with Gasteiger partial charge < -0.3 is 14.6 Å². The lowest BCUT2D eigenvalue weighted by molar-refractivity contribution is 0.501. The fraction of sp³-hybridized carbons (Fsp3) is 0.375. The molecule has 0 bridgehead atoms. The van der Waals surface area contributed by atoms with Crippen LogP contribution in [-0.4, -0.2) is 13.1 Å². The Labute approximate surface area is 119 Å². The van der Waals surface area contributed by atoms with E-state index in [4.69, 9.17) is 4.42 Å². The van der Waals surface area contributed by atoms with Crippen LogP contribution in [0.1, 0.15) is 25.2 Å². The van der Waals surface area contributed by atoms with E-state index in [1.165, 1.54) is 0 Å². The summed E-state index contributed by atoms with van der Waals surface area (Å²) in [6, 6.07) is 9.16. The van der Waals surface area contributed by atoms with Crippen LogP contribution in [0.3, 0.4) is 0 Å². The van der Waals surface area contributed by atoms with Crippen LogP contribution in [0.5, 0.6) is 0 Å². The number of hydrogen-bond donors (Lipinski definition) is 1. The maximum atomic E-state index is 14.2. The molecule has 0 atom stereocenters. The van der Waals surface area contributed by atoms with Crippen molar-refractivity contribution in [3.63, 3.8) is 0 Å². The molecule has 0 aliphatic carbocycles. The predicted octanol–water partition coefficient (Wildman–Crippen LogP) is 3.55. The largest absolute Gasteiger partial charge is 0.467 e. The summed E-state index contributed by atoms with van der Waals surface area (Å²) in [5.41, 5.74) is 1.58. The summed E-state index contributed by atoms with van der Waals surface area (Å²) < 4.78 is 19.6. The number of furan rings is 1. The van der Waals surface area contributed by atoms with Gasteiger partial charge in [0.05, 0.1) is 18.5 Å². The van der Waals surface area contributed by atoms with Crippen molar-refractivity contribution in [2.75, 3.05) is 18.0 Å². The minimum Gasteiger partial charge on any atom is -0.467 e. The molecule has 0 amide bonds. The summed E-state index contributed by atoms with van der Waals surface area (Å²) in [6.07, 6.45) is 1.64. The van der Waals surface area contributed by atoms with Crippen LogP contribution in [0, 0.1) is 5.82 Å². The lowest BCUT2D eigenvalue weighted by atomic mass is 10.1. The van der Waals surface area contributed by atoms with Crippen molar-refractivity contribution in [3.8, 4) is 0 Å². The van der Waals surface area contributed by atoms with Crippen molar-refractivity contribution in [1.82, 2.24) is 5.32 Å². The minimum atomic E-state index is -0.186. The van der Waals surface area contributed by atoms with Crippen molar-refractivity contribution in [2.24, 2.45) is 0 Å². The van der Waals surface area contributed by atoms with Crippen LogP contribution < -0.4 is 10.2 Å². The van der Waals surface area contributed by atoms with Crippen LogP contribution in [0.4, 0.5) is 10.1 Å². The average Bonchev–Trinajstić information content (AvgIpc) is 2.96. The second kappa shape index (κ2) is 7.10. The van der Waals surface area contributed by atoms with E-state index in [0.29, 0.717) is 18.8 Å². The van der Waals surface area contributed by atoms with E-state index in [2.05, 4.69) is 5.32 Å². The number of halogens is 1. The third-order valence-electron chi connectivity index (χ3n) is 3.24. The van der Waals surface area contributed by atoms with Crippen LogP contribution in [0.25, 0.3) is 0 Å². The molecule has 1 N–H and O–H groups in total. The smallest absolute Gasteiger partial charge is 0.146 e. The molecule has 4 heteroatoms. The molecule has 20 heavy (non-hydrogen) atoms. The SMILES string of the molecule is CCNCc1ccc(N(CC)Cc2ccco2)c(F)c1. The zero-order chi connectivity index (χ0) is 14.4. The molecule has 2 aromatic rings. The summed E-state index contributed by atoms with van der Waals surface area (Å²) in [7, 11) is 0. The van der Waals surface area contributed by atoms with Crippen molar-refractivity contribution in [3.05, 3.63) is 53.7 Å². The normalized spacial score (nSPS) is 10.8. The van der Waals surface area contributed by atoms with E-state index >= 15 is 0 Å². The summed E-state index contributed by atoms with van der Waals surface area (Å²) in [5.74, 6) is 0.650. The second-order valence-corrected chi connectivity index (χ2v) is 4.66. The van der Waals surface area contributed by atoms with Crippen molar-refractivity contribution in [2.45, 2.75) is 26.9 Å². The molecular weight excluding hydrogens is 255 g/mol. The average molecular weight is 276 g/mol. The first-order chi connectivity index (χ1) is 9.74. The van der Waals surface area contributed by atoms with Gasteiger partial charge in [-0.05, 0) is 43.3 Å². The first-order valence-corrected chi connectivity index (χ1v) is 7.01. The van der Waals surface area contributed by atoms with Gasteiger partial charge in [0.1, 0.15) is 11.6 Å². The predicted molar refractivity (Wildman–Crippen MR) is 79.2 cm³/mol. The first kappa shape index (κ1) is 14.6. The maximum absolute atomic E-state index is 14.2. The number of nitrogens with zero attached hydrogens (tertiary/aromatic N) is 1. The minimum absolute atomic E-state index is 0.186. The Balaban J connectivity index is 2.13. The van der Waals surface area contributed by atoms with Crippen molar-refractivity contribution in [1.29, 1.82) is 0 Å². The van der Waals surface area contributed by atoms with Gasteiger partial charge in [-0.2, -0.15) is 0 Å². The summed E-state index contributed by atoms with van der Waals surface area (Å²) in [4.78, 5) is 1.96. The highest BCUT2D eigenvalue weighted by Gasteiger charge is 2.12. The highest BCUT2D eigenvalue weighted by molar-refractivity contribution is 5.49. The Morgan fingerprint density at radius 1 is 1.25 bits per heavy atom. The van der Waals surface area contributed by atoms with Gasteiger partial charge in [-0.3, -0.25) is 0 Å². The molecule has 1 heterocycles. The van der Waals surface area contributed by atoms with Gasteiger partial charge in [-0.15, -0.1) is 0 Å². The molecule has 0 aliphatic heterocycles. The third-order valence-corrected chi connectivity index (χ3v) is 3.24. The molecular formula is C16H21FN2O. The van der Waals surface area contributed by atoms with Gasteiger partial charge in [0.15, 0.2) is 0 Å². The fourth-order valence-electron chi connectivity index (χ4n) is 2.14. The van der Waals surface area contributed by atoms with Crippen molar-refractivity contribution >= 4 is 5.69 Å². The van der Waals surface area contributed by atoms with E-state index in [-0.39, 0.29) is 5.82 Å². The lowest BCUT2D eigenvalue weighted by Crippen LogP contribution is -2.23. The van der Waals surface area contributed by atoms with Gasteiger partial charge in [-0.1, -0.05) is 13.0 Å². The second-order valence-electron chi connectivity index (χ2n) is 4.66. The summed E-state index contributed by atoms with van der Waals surface area (Å²) in [6.45, 7) is 6.92. The molecule has 0 radical (unpaired) electrons. The van der Waals surface area contributed by atoms with E-state index in [1.54, 1.807) is 12.3 Å². The molecule has 0 saturated heterocycles. The summed E-state index contributed by atoms with van der Waals surface area (Å²) in [5, 5.41) is 3.20. The van der Waals surface area contributed by atoms with Crippen LogP contribution in [-0.2, 0) is 13.1 Å². The van der Waals surface area contributed by atoms with Crippen LogP contribution >= 0.6 is 0 Å². The maximum Gasteiger partial charge on any atom is 0.146 e. The zero-order valence-electron chi connectivity index (χ0n) is 12.0. The molecule has 0 unspecified atom stereocenters.